The van der Waals surface area contributed by atoms with Gasteiger partial charge in [0.2, 0.25) is 5.91 Å². The Kier molecular flexibility index (Phi) is 6.56. The molecule has 0 atom stereocenters. The summed E-state index contributed by atoms with van der Waals surface area (Å²) in [5, 5.41) is 13.5. The fraction of sp³-hybridized carbons (Fsp3) is 0.529. The lowest BCUT2D eigenvalue weighted by molar-refractivity contribution is -0.116. The number of rotatable bonds is 6. The maximum absolute atomic E-state index is 12.0. The lowest BCUT2D eigenvalue weighted by Crippen LogP contribution is -2.38. The molecular formula is C17H23N5O2S2. The second-order valence-corrected chi connectivity index (χ2v) is 8.14. The van der Waals surface area contributed by atoms with Gasteiger partial charge in [0.25, 0.3) is 0 Å². The number of carbonyl (C=O) groups is 2. The molecule has 7 nitrogen and oxygen atoms in total. The first-order valence-corrected chi connectivity index (χ1v) is 10.6. The Labute approximate surface area is 160 Å². The molecule has 3 amide bonds. The molecule has 0 spiro atoms. The van der Waals surface area contributed by atoms with Crippen LogP contribution in [0.5, 0.6) is 0 Å². The van der Waals surface area contributed by atoms with Crippen LogP contribution in [0.3, 0.4) is 0 Å². The molecule has 26 heavy (non-hydrogen) atoms. The van der Waals surface area contributed by atoms with Gasteiger partial charge in [-0.05, 0) is 26.2 Å². The molecule has 9 heteroatoms. The van der Waals surface area contributed by atoms with Crippen molar-refractivity contribution < 1.29 is 9.59 Å². The number of aryl methyl sites for hydroxylation is 2. The average molecular weight is 394 g/mol. The fourth-order valence-electron chi connectivity index (χ4n) is 2.88. The third-order valence-corrected chi connectivity index (χ3v) is 5.87. The second kappa shape index (κ2) is 9.09. The summed E-state index contributed by atoms with van der Waals surface area (Å²) in [6.45, 7) is 1.89. The first-order valence-electron chi connectivity index (χ1n) is 8.82. The molecule has 1 aliphatic carbocycles. The van der Waals surface area contributed by atoms with Gasteiger partial charge < -0.3 is 10.6 Å². The highest BCUT2D eigenvalue weighted by atomic mass is 32.1. The Morgan fingerprint density at radius 1 is 1.08 bits per heavy atom. The third kappa shape index (κ3) is 5.77. The van der Waals surface area contributed by atoms with Crippen LogP contribution in [-0.4, -0.2) is 27.9 Å². The number of aromatic nitrogens is 2. The largest absolute Gasteiger partial charge is 0.335 e. The lowest BCUT2D eigenvalue weighted by atomic mass is 9.96. The molecule has 0 saturated heterocycles. The van der Waals surface area contributed by atoms with E-state index in [0.29, 0.717) is 23.1 Å². The number of hydrogen-bond donors (Lipinski definition) is 3. The summed E-state index contributed by atoms with van der Waals surface area (Å²) in [4.78, 5) is 32.6. The van der Waals surface area contributed by atoms with Crippen molar-refractivity contribution in [2.75, 3.05) is 10.6 Å². The third-order valence-electron chi connectivity index (χ3n) is 4.19. The lowest BCUT2D eigenvalue weighted by Gasteiger charge is -2.22. The Balaban J connectivity index is 1.41. The molecular weight excluding hydrogens is 370 g/mol. The Morgan fingerprint density at radius 2 is 1.81 bits per heavy atom. The number of carbonyl (C=O) groups excluding carboxylic acids is 2. The SMILES string of the molecule is Cc1csc(NC(=O)CCc2csc(NC(=O)NC3CCCCC3)n2)n1. The van der Waals surface area contributed by atoms with Gasteiger partial charge >= 0.3 is 6.03 Å². The van der Waals surface area contributed by atoms with Crippen molar-refractivity contribution in [2.45, 2.75) is 57.9 Å². The summed E-state index contributed by atoms with van der Waals surface area (Å²) in [6.07, 6.45) is 6.55. The van der Waals surface area contributed by atoms with Crippen LogP contribution in [0.25, 0.3) is 0 Å². The number of nitrogens with one attached hydrogen (secondary N) is 3. The highest BCUT2D eigenvalue weighted by Gasteiger charge is 2.16. The van der Waals surface area contributed by atoms with Gasteiger partial charge in [0.05, 0.1) is 11.4 Å². The molecule has 3 rings (SSSR count). The van der Waals surface area contributed by atoms with Gasteiger partial charge in [-0.15, -0.1) is 22.7 Å². The van der Waals surface area contributed by atoms with E-state index >= 15 is 0 Å². The van der Waals surface area contributed by atoms with E-state index < -0.39 is 0 Å². The topological polar surface area (TPSA) is 96.0 Å². The van der Waals surface area contributed by atoms with Crippen molar-refractivity contribution in [3.63, 3.8) is 0 Å². The number of nitrogens with zero attached hydrogens (tertiary/aromatic N) is 2. The quantitative estimate of drug-likeness (QED) is 0.693. The molecule has 0 bridgehead atoms. The van der Waals surface area contributed by atoms with Gasteiger partial charge in [-0.1, -0.05) is 19.3 Å². The maximum atomic E-state index is 12.0. The average Bonchev–Trinajstić information content (AvgIpc) is 3.22. The Morgan fingerprint density at radius 3 is 2.54 bits per heavy atom. The predicted octanol–water partition coefficient (Wildman–Crippen LogP) is 3.93. The van der Waals surface area contributed by atoms with Crippen LogP contribution in [0.15, 0.2) is 10.8 Å². The van der Waals surface area contributed by atoms with Crippen LogP contribution in [0.1, 0.15) is 49.9 Å². The van der Waals surface area contributed by atoms with Gasteiger partial charge in [0.1, 0.15) is 0 Å². The number of urea groups is 1. The first kappa shape index (κ1) is 18.8. The standard InChI is InChI=1S/C17H23N5O2S2/c1-11-9-25-16(18-11)21-14(23)8-7-13-10-26-17(20-13)22-15(24)19-12-5-3-2-4-6-12/h9-10,12H,2-8H2,1H3,(H,18,21,23)(H2,19,20,22,24). The minimum atomic E-state index is -0.199. The van der Waals surface area contributed by atoms with Crippen LogP contribution >= 0.6 is 22.7 Å². The zero-order valence-corrected chi connectivity index (χ0v) is 16.3. The molecule has 0 aromatic carbocycles. The molecule has 2 aromatic rings. The number of amides is 3. The van der Waals surface area contributed by atoms with Crippen molar-refractivity contribution in [1.29, 1.82) is 0 Å². The summed E-state index contributed by atoms with van der Waals surface area (Å²) in [6, 6.07) is 0.0658. The van der Waals surface area contributed by atoms with Gasteiger partial charge in [-0.3, -0.25) is 10.1 Å². The van der Waals surface area contributed by atoms with E-state index in [4.69, 9.17) is 0 Å². The molecule has 1 aliphatic rings. The molecule has 3 N–H and O–H groups in total. The summed E-state index contributed by atoms with van der Waals surface area (Å²) in [7, 11) is 0. The Hall–Kier alpha value is -2.00. The van der Waals surface area contributed by atoms with Crippen LogP contribution in [-0.2, 0) is 11.2 Å². The molecule has 140 valence electrons. The molecule has 0 unspecified atom stereocenters. The minimum absolute atomic E-state index is 0.0862. The van der Waals surface area contributed by atoms with Crippen molar-refractivity contribution >= 4 is 44.9 Å². The van der Waals surface area contributed by atoms with E-state index in [2.05, 4.69) is 25.9 Å². The molecule has 1 fully saturated rings. The molecule has 1 saturated carbocycles. The van der Waals surface area contributed by atoms with Crippen molar-refractivity contribution in [2.24, 2.45) is 0 Å². The summed E-state index contributed by atoms with van der Waals surface area (Å²) in [5.74, 6) is -0.0862. The van der Waals surface area contributed by atoms with E-state index in [1.54, 1.807) is 0 Å². The first-order chi connectivity index (χ1) is 12.6. The summed E-state index contributed by atoms with van der Waals surface area (Å²) < 4.78 is 0. The Bertz CT molecular complexity index is 752. The normalized spacial score (nSPS) is 14.8. The van der Waals surface area contributed by atoms with Gasteiger partial charge in [-0.25, -0.2) is 14.8 Å². The van der Waals surface area contributed by atoms with Crippen molar-refractivity contribution in [3.8, 4) is 0 Å². The zero-order valence-electron chi connectivity index (χ0n) is 14.7. The van der Waals surface area contributed by atoms with Gasteiger partial charge in [0.15, 0.2) is 10.3 Å². The number of anilines is 2. The minimum Gasteiger partial charge on any atom is -0.335 e. The van der Waals surface area contributed by atoms with E-state index in [0.717, 1.165) is 24.2 Å². The van der Waals surface area contributed by atoms with Crippen LogP contribution in [0.2, 0.25) is 0 Å². The number of hydrogen-bond acceptors (Lipinski definition) is 6. The van der Waals surface area contributed by atoms with E-state index in [1.807, 2.05) is 17.7 Å². The van der Waals surface area contributed by atoms with Gasteiger partial charge in [-0.2, -0.15) is 0 Å². The highest BCUT2D eigenvalue weighted by Crippen LogP contribution is 2.20. The molecule has 0 aliphatic heterocycles. The second-order valence-electron chi connectivity index (χ2n) is 6.42. The molecule has 2 aromatic heterocycles. The van der Waals surface area contributed by atoms with Gasteiger partial charge in [0, 0.05) is 23.2 Å². The zero-order chi connectivity index (χ0) is 18.4. The summed E-state index contributed by atoms with van der Waals surface area (Å²) >= 11 is 2.79. The van der Waals surface area contributed by atoms with Crippen LogP contribution in [0.4, 0.5) is 15.1 Å². The molecule has 2 heterocycles. The van der Waals surface area contributed by atoms with E-state index in [9.17, 15) is 9.59 Å². The van der Waals surface area contributed by atoms with Crippen molar-refractivity contribution in [1.82, 2.24) is 15.3 Å². The summed E-state index contributed by atoms with van der Waals surface area (Å²) in [5.41, 5.74) is 1.69. The smallest absolute Gasteiger partial charge is 0.321 e. The predicted molar refractivity (Wildman–Crippen MR) is 105 cm³/mol. The van der Waals surface area contributed by atoms with Crippen molar-refractivity contribution in [3.05, 3.63) is 22.1 Å². The fourth-order valence-corrected chi connectivity index (χ4v) is 4.32. The highest BCUT2D eigenvalue weighted by molar-refractivity contribution is 7.14. The monoisotopic (exact) mass is 393 g/mol. The van der Waals surface area contributed by atoms with E-state index in [-0.39, 0.29) is 18.0 Å². The molecule has 0 radical (unpaired) electrons. The van der Waals surface area contributed by atoms with Crippen LogP contribution < -0.4 is 16.0 Å². The van der Waals surface area contributed by atoms with Crippen LogP contribution in [0, 0.1) is 6.92 Å². The maximum Gasteiger partial charge on any atom is 0.321 e. The number of thiazole rings is 2. The van der Waals surface area contributed by atoms with E-state index in [1.165, 1.54) is 41.9 Å².